The molecule has 2 fully saturated rings. The van der Waals surface area contributed by atoms with Crippen LogP contribution in [0, 0.1) is 11.8 Å². The Balaban J connectivity index is 1.73. The molecule has 0 radical (unpaired) electrons. The van der Waals surface area contributed by atoms with Crippen LogP contribution in [0.15, 0.2) is 29.2 Å². The third kappa shape index (κ3) is 6.87. The van der Waals surface area contributed by atoms with Crippen molar-refractivity contribution in [3.63, 3.8) is 0 Å². The van der Waals surface area contributed by atoms with Crippen molar-refractivity contribution in [3.05, 3.63) is 24.3 Å². The minimum absolute atomic E-state index is 0.0447. The van der Waals surface area contributed by atoms with Crippen LogP contribution in [0.3, 0.4) is 0 Å². The minimum atomic E-state index is -4.93. The van der Waals surface area contributed by atoms with Gasteiger partial charge in [0.2, 0.25) is 21.8 Å². The second kappa shape index (κ2) is 11.0. The fourth-order valence-electron chi connectivity index (χ4n) is 4.48. The van der Waals surface area contributed by atoms with Crippen molar-refractivity contribution >= 4 is 27.8 Å². The number of nitrogens with one attached hydrogen (secondary N) is 1. The monoisotopic (exact) mass is 535 g/mol. The highest BCUT2D eigenvalue weighted by Gasteiger charge is 2.41. The van der Waals surface area contributed by atoms with Crippen molar-refractivity contribution in [3.8, 4) is 5.75 Å². The lowest BCUT2D eigenvalue weighted by atomic mass is 9.82. The Labute approximate surface area is 206 Å². The van der Waals surface area contributed by atoms with Gasteiger partial charge in [-0.15, -0.1) is 13.2 Å². The van der Waals surface area contributed by atoms with Gasteiger partial charge in [0.15, 0.2) is 0 Å². The number of halogens is 3. The Morgan fingerprint density at radius 2 is 1.69 bits per heavy atom. The van der Waals surface area contributed by atoms with Gasteiger partial charge in [-0.25, -0.2) is 8.42 Å². The lowest BCUT2D eigenvalue weighted by molar-refractivity contribution is -0.274. The van der Waals surface area contributed by atoms with Crippen LogP contribution < -0.4 is 10.1 Å². The number of alkyl halides is 3. The van der Waals surface area contributed by atoms with Gasteiger partial charge < -0.3 is 20.1 Å². The van der Waals surface area contributed by atoms with Crippen LogP contribution in [0.4, 0.5) is 13.2 Å². The number of aliphatic carboxylic acids is 1. The van der Waals surface area contributed by atoms with Crippen molar-refractivity contribution in [2.45, 2.75) is 49.9 Å². The van der Waals surface area contributed by atoms with Crippen LogP contribution in [0.25, 0.3) is 0 Å². The molecule has 0 unspecified atom stereocenters. The zero-order valence-electron chi connectivity index (χ0n) is 19.5. The van der Waals surface area contributed by atoms with E-state index in [9.17, 15) is 36.0 Å². The molecular weight excluding hydrogens is 507 g/mol. The molecule has 0 spiro atoms. The molecule has 1 aliphatic heterocycles. The highest BCUT2D eigenvalue weighted by atomic mass is 32.2. The normalized spacial score (nSPS) is 23.7. The Morgan fingerprint density at radius 1 is 1.08 bits per heavy atom. The van der Waals surface area contributed by atoms with Gasteiger partial charge >= 0.3 is 12.3 Å². The molecule has 14 heteroatoms. The topological polar surface area (TPSA) is 133 Å². The number of carbonyl (C=O) groups is 3. The Morgan fingerprint density at radius 3 is 2.22 bits per heavy atom. The Hall–Kier alpha value is -2.87. The number of hydrogen-bond acceptors (Lipinski definition) is 6. The molecule has 1 aliphatic carbocycles. The number of sulfonamides is 1. The van der Waals surface area contributed by atoms with Crippen LogP contribution in [-0.2, 0) is 24.4 Å². The van der Waals surface area contributed by atoms with E-state index in [4.69, 9.17) is 5.11 Å². The third-order valence-corrected chi connectivity index (χ3v) is 8.43. The first-order valence-electron chi connectivity index (χ1n) is 11.4. The molecule has 2 N–H and O–H groups in total. The number of rotatable bonds is 7. The maximum absolute atomic E-state index is 13.3. The highest BCUT2D eigenvalue weighted by Crippen LogP contribution is 2.29. The van der Waals surface area contributed by atoms with Crippen molar-refractivity contribution in [1.29, 1.82) is 0 Å². The Bertz CT molecular complexity index is 1070. The van der Waals surface area contributed by atoms with Crippen molar-refractivity contribution < 1.29 is 45.8 Å². The van der Waals surface area contributed by atoms with E-state index in [0.717, 1.165) is 28.6 Å². The van der Waals surface area contributed by atoms with Gasteiger partial charge in [-0.2, -0.15) is 4.31 Å². The van der Waals surface area contributed by atoms with Crippen LogP contribution >= 0.6 is 0 Å². The quantitative estimate of drug-likeness (QED) is 0.544. The number of ether oxygens (including phenoxy) is 1. The fraction of sp³-hybridized carbons (Fsp3) is 0.591. The first-order chi connectivity index (χ1) is 16.8. The van der Waals surface area contributed by atoms with E-state index in [2.05, 4.69) is 10.1 Å². The molecule has 36 heavy (non-hydrogen) atoms. The molecule has 0 bridgehead atoms. The van der Waals surface area contributed by atoms with Gasteiger partial charge in [-0.3, -0.25) is 14.4 Å². The van der Waals surface area contributed by atoms with Crippen LogP contribution in [0.5, 0.6) is 5.75 Å². The Kier molecular flexibility index (Phi) is 8.49. The maximum Gasteiger partial charge on any atom is 0.573 e. The molecule has 10 nitrogen and oxygen atoms in total. The zero-order valence-corrected chi connectivity index (χ0v) is 20.3. The predicted octanol–water partition coefficient (Wildman–Crippen LogP) is 1.81. The molecule has 0 aromatic heterocycles. The summed E-state index contributed by atoms with van der Waals surface area (Å²) in [6.45, 7) is 1.23. The second-order valence-electron chi connectivity index (χ2n) is 8.92. The van der Waals surface area contributed by atoms with E-state index in [1.807, 2.05) is 0 Å². The minimum Gasteiger partial charge on any atom is -0.481 e. The van der Waals surface area contributed by atoms with E-state index in [1.54, 1.807) is 0 Å². The molecule has 1 saturated carbocycles. The van der Waals surface area contributed by atoms with E-state index >= 15 is 0 Å². The molecule has 1 heterocycles. The van der Waals surface area contributed by atoms with Crippen LogP contribution in [0.1, 0.15) is 32.6 Å². The predicted molar refractivity (Wildman–Crippen MR) is 119 cm³/mol. The van der Waals surface area contributed by atoms with Gasteiger partial charge in [0.05, 0.1) is 10.8 Å². The summed E-state index contributed by atoms with van der Waals surface area (Å²) in [7, 11) is -4.29. The van der Waals surface area contributed by atoms with E-state index < -0.39 is 46.0 Å². The molecule has 1 saturated heterocycles. The number of amides is 2. The second-order valence-corrected chi connectivity index (χ2v) is 10.8. The van der Waals surface area contributed by atoms with Gasteiger partial charge in [-0.05, 0) is 55.9 Å². The molecule has 200 valence electrons. The van der Waals surface area contributed by atoms with E-state index in [-0.39, 0.29) is 42.9 Å². The number of nitrogens with zero attached hydrogens (tertiary/aromatic N) is 2. The number of piperazine rings is 1. The molecule has 2 aliphatic rings. The fourth-order valence-corrected chi connectivity index (χ4v) is 6.05. The molecule has 1 atom stereocenters. The molecule has 1 aromatic rings. The summed E-state index contributed by atoms with van der Waals surface area (Å²) in [5.41, 5.74) is 0. The van der Waals surface area contributed by atoms with Gasteiger partial charge in [0.1, 0.15) is 11.8 Å². The lowest BCUT2D eigenvalue weighted by Gasteiger charge is -2.39. The highest BCUT2D eigenvalue weighted by molar-refractivity contribution is 7.89. The first-order valence-corrected chi connectivity index (χ1v) is 12.9. The van der Waals surface area contributed by atoms with Crippen molar-refractivity contribution in [2.24, 2.45) is 11.8 Å². The number of carboxylic acids is 1. The molecule has 3 rings (SSSR count). The average molecular weight is 536 g/mol. The maximum atomic E-state index is 13.3. The largest absolute Gasteiger partial charge is 0.573 e. The van der Waals surface area contributed by atoms with E-state index in [0.29, 0.717) is 25.7 Å². The summed E-state index contributed by atoms with van der Waals surface area (Å²) in [5, 5.41) is 11.9. The summed E-state index contributed by atoms with van der Waals surface area (Å²) in [6.07, 6.45) is -2.73. The zero-order chi connectivity index (χ0) is 26.7. The van der Waals surface area contributed by atoms with Crippen molar-refractivity contribution in [1.82, 2.24) is 14.5 Å². The summed E-state index contributed by atoms with van der Waals surface area (Å²) < 4.78 is 68.6. The van der Waals surface area contributed by atoms with Crippen LogP contribution in [-0.4, -0.2) is 79.1 Å². The van der Waals surface area contributed by atoms with Crippen molar-refractivity contribution in [2.75, 3.05) is 26.2 Å². The smallest absolute Gasteiger partial charge is 0.481 e. The lowest BCUT2D eigenvalue weighted by Crippen LogP contribution is -2.61. The number of carbonyl (C=O) groups excluding carboxylic acids is 2. The van der Waals surface area contributed by atoms with E-state index in [1.165, 1.54) is 11.8 Å². The number of hydrogen-bond donors (Lipinski definition) is 2. The average Bonchev–Trinajstić information content (AvgIpc) is 2.81. The summed E-state index contributed by atoms with van der Waals surface area (Å²) in [4.78, 5) is 37.2. The van der Waals surface area contributed by atoms with Gasteiger partial charge in [0, 0.05) is 33.1 Å². The SMILES string of the molecule is CC(=O)N1CCN(S(=O)(=O)c2ccc(OC(F)(F)F)cc2)[C@@H](C(=O)NCC2CCC(C(=O)O)CC2)C1. The number of carboxylic acid groups (broad SMARTS) is 1. The standard InChI is InChI=1S/C22H28F3N3O7S/c1-14(29)27-10-11-28(36(33,34)18-8-6-17(7-9-18)35-22(23,24)25)19(13-27)20(30)26-12-15-2-4-16(5-3-15)21(31)32/h6-9,15-16,19H,2-5,10-13H2,1H3,(H,26,30)(H,31,32)/t15?,16?,19-/m1/s1. The summed E-state index contributed by atoms with van der Waals surface area (Å²) in [6, 6.07) is 2.42. The summed E-state index contributed by atoms with van der Waals surface area (Å²) in [5.74, 6) is -2.73. The molecule has 1 aromatic carbocycles. The molecular formula is C22H28F3N3O7S. The molecule has 2 amide bonds. The van der Waals surface area contributed by atoms with Gasteiger partial charge in [-0.1, -0.05) is 0 Å². The first kappa shape index (κ1) is 27.7. The number of benzene rings is 1. The van der Waals surface area contributed by atoms with Gasteiger partial charge in [0.25, 0.3) is 0 Å². The summed E-state index contributed by atoms with van der Waals surface area (Å²) >= 11 is 0. The van der Waals surface area contributed by atoms with Crippen LogP contribution in [0.2, 0.25) is 0 Å². The third-order valence-electron chi connectivity index (χ3n) is 6.50.